The van der Waals surface area contributed by atoms with Gasteiger partial charge in [0.15, 0.2) is 0 Å². The predicted octanol–water partition coefficient (Wildman–Crippen LogP) is 4.83. The Morgan fingerprint density at radius 3 is 2.21 bits per heavy atom. The average molecular weight is 398 g/mol. The lowest BCUT2D eigenvalue weighted by Crippen LogP contribution is -2.25. The molecule has 1 N–H and O–H groups in total. The highest BCUT2D eigenvalue weighted by Crippen LogP contribution is 2.37. The molecule has 0 fully saturated rings. The van der Waals surface area contributed by atoms with Gasteiger partial charge in [-0.05, 0) is 29.3 Å². The quantitative estimate of drug-likeness (QED) is 0.640. The van der Waals surface area contributed by atoms with Crippen molar-refractivity contribution in [2.75, 3.05) is 0 Å². The topological polar surface area (TPSA) is 63.7 Å². The van der Waals surface area contributed by atoms with Gasteiger partial charge >= 0.3 is 12.1 Å². The van der Waals surface area contributed by atoms with Crippen molar-refractivity contribution in [1.82, 2.24) is 4.57 Å². The Kier molecular flexibility index (Phi) is 5.24. The number of benzene rings is 2. The fraction of sp³-hybridized carbons (Fsp3) is 0.0952. The van der Waals surface area contributed by atoms with Crippen LogP contribution in [0.2, 0.25) is 0 Å². The normalized spacial score (nSPS) is 11.1. The Morgan fingerprint density at radius 2 is 1.69 bits per heavy atom. The molecule has 0 atom stereocenters. The molecular formula is C21H13F3N2O3. The summed E-state index contributed by atoms with van der Waals surface area (Å²) in [6.07, 6.45) is -4.86. The maximum atomic E-state index is 13.4. The minimum Gasteiger partial charge on any atom is -0.478 e. The van der Waals surface area contributed by atoms with Gasteiger partial charge in [0.2, 0.25) is 0 Å². The second-order valence-electron chi connectivity index (χ2n) is 6.16. The van der Waals surface area contributed by atoms with Gasteiger partial charge in [0, 0.05) is 12.2 Å². The van der Waals surface area contributed by atoms with Crippen LogP contribution < -0.4 is 5.56 Å². The lowest BCUT2D eigenvalue weighted by molar-refractivity contribution is -0.136. The highest BCUT2D eigenvalue weighted by Gasteiger charge is 2.36. The van der Waals surface area contributed by atoms with E-state index in [1.807, 2.05) is 0 Å². The largest absolute Gasteiger partial charge is 0.478 e. The zero-order chi connectivity index (χ0) is 21.2. The van der Waals surface area contributed by atoms with Gasteiger partial charge in [-0.15, -0.1) is 0 Å². The number of aromatic carboxylic acids is 1. The van der Waals surface area contributed by atoms with Gasteiger partial charge in [0.25, 0.3) is 11.2 Å². The third-order valence-electron chi connectivity index (χ3n) is 4.30. The number of alkyl halides is 3. The van der Waals surface area contributed by atoms with E-state index >= 15 is 0 Å². The van der Waals surface area contributed by atoms with E-state index in [0.717, 1.165) is 10.6 Å². The van der Waals surface area contributed by atoms with Crippen molar-refractivity contribution in [2.24, 2.45) is 0 Å². The van der Waals surface area contributed by atoms with Gasteiger partial charge < -0.3 is 9.67 Å². The van der Waals surface area contributed by atoms with Crippen LogP contribution in [0.5, 0.6) is 0 Å². The number of nitrogens with zero attached hydrogens (tertiary/aromatic N) is 2. The molecule has 0 radical (unpaired) electrons. The molecule has 3 rings (SSSR count). The minimum atomic E-state index is -4.86. The third-order valence-corrected chi connectivity index (χ3v) is 4.30. The third kappa shape index (κ3) is 4.04. The van der Waals surface area contributed by atoms with Crippen molar-refractivity contribution in [1.29, 1.82) is 0 Å². The van der Waals surface area contributed by atoms with E-state index in [1.54, 1.807) is 30.3 Å². The molecule has 0 spiro atoms. The van der Waals surface area contributed by atoms with E-state index in [2.05, 4.69) is 4.85 Å². The molecular weight excluding hydrogens is 385 g/mol. The maximum absolute atomic E-state index is 13.4. The lowest BCUT2D eigenvalue weighted by atomic mass is 10.1. The fourth-order valence-corrected chi connectivity index (χ4v) is 2.90. The average Bonchev–Trinajstić information content (AvgIpc) is 2.69. The molecule has 3 aromatic rings. The van der Waals surface area contributed by atoms with Crippen LogP contribution in [0.25, 0.3) is 16.1 Å². The van der Waals surface area contributed by atoms with Crippen molar-refractivity contribution in [3.8, 4) is 11.3 Å². The number of aromatic nitrogens is 1. The monoisotopic (exact) mass is 398 g/mol. The molecule has 0 aliphatic rings. The summed E-state index contributed by atoms with van der Waals surface area (Å²) in [5, 5.41) is 8.98. The summed E-state index contributed by atoms with van der Waals surface area (Å²) < 4.78 is 41.4. The molecule has 0 aliphatic carbocycles. The number of carbonyl (C=O) groups is 1. The summed E-state index contributed by atoms with van der Waals surface area (Å²) in [6.45, 7) is 6.96. The number of hydrogen-bond donors (Lipinski definition) is 1. The first-order valence-corrected chi connectivity index (χ1v) is 8.32. The molecule has 29 heavy (non-hydrogen) atoms. The van der Waals surface area contributed by atoms with Gasteiger partial charge in [-0.25, -0.2) is 9.64 Å². The van der Waals surface area contributed by atoms with E-state index in [1.165, 1.54) is 24.3 Å². The first kappa shape index (κ1) is 19.9. The molecule has 0 bridgehead atoms. The van der Waals surface area contributed by atoms with Crippen LogP contribution in [0.3, 0.4) is 0 Å². The minimum absolute atomic E-state index is 0.0117. The molecule has 1 aromatic heterocycles. The summed E-state index contributed by atoms with van der Waals surface area (Å²) in [7, 11) is 0. The van der Waals surface area contributed by atoms with Gasteiger partial charge in [-0.3, -0.25) is 4.79 Å². The molecule has 0 aliphatic heterocycles. The van der Waals surface area contributed by atoms with Crippen LogP contribution in [0.4, 0.5) is 18.9 Å². The Labute approximate surface area is 163 Å². The lowest BCUT2D eigenvalue weighted by Gasteiger charge is -2.18. The Morgan fingerprint density at radius 1 is 1.07 bits per heavy atom. The predicted molar refractivity (Wildman–Crippen MR) is 99.9 cm³/mol. The zero-order valence-corrected chi connectivity index (χ0v) is 14.8. The van der Waals surface area contributed by atoms with Gasteiger partial charge in [0.05, 0.1) is 17.7 Å². The van der Waals surface area contributed by atoms with Crippen LogP contribution >= 0.6 is 0 Å². The standard InChI is InChI=1S/C21H13F3N2O3/c1-25-18-16(21(22,23)24)11-17(14-5-3-2-4-6-14)26(19(18)27)12-13-7-9-15(10-8-13)20(28)29/h2-11H,12H2,(H,28,29). The maximum Gasteiger partial charge on any atom is 0.407 e. The van der Waals surface area contributed by atoms with Crippen LogP contribution in [0.1, 0.15) is 21.5 Å². The summed E-state index contributed by atoms with van der Waals surface area (Å²) in [6, 6.07) is 14.5. The Balaban J connectivity index is 2.23. The van der Waals surface area contributed by atoms with Crippen molar-refractivity contribution < 1.29 is 23.1 Å². The van der Waals surface area contributed by atoms with Gasteiger partial charge in [-0.2, -0.15) is 13.2 Å². The van der Waals surface area contributed by atoms with Crippen molar-refractivity contribution in [3.63, 3.8) is 0 Å². The smallest absolute Gasteiger partial charge is 0.407 e. The molecule has 1 heterocycles. The van der Waals surface area contributed by atoms with E-state index < -0.39 is 29.0 Å². The molecule has 0 saturated carbocycles. The molecule has 0 amide bonds. The fourth-order valence-electron chi connectivity index (χ4n) is 2.90. The molecule has 5 nitrogen and oxygen atoms in total. The number of carboxylic acids is 1. The molecule has 146 valence electrons. The van der Waals surface area contributed by atoms with Gasteiger partial charge in [0.1, 0.15) is 0 Å². The highest BCUT2D eigenvalue weighted by atomic mass is 19.4. The number of halogens is 3. The van der Waals surface area contributed by atoms with Crippen LogP contribution in [-0.4, -0.2) is 15.6 Å². The second-order valence-corrected chi connectivity index (χ2v) is 6.16. The van der Waals surface area contributed by atoms with Crippen molar-refractivity contribution >= 4 is 11.7 Å². The summed E-state index contributed by atoms with van der Waals surface area (Å²) in [5.41, 5.74) is -2.40. The Hall–Kier alpha value is -3.86. The molecule has 0 saturated heterocycles. The number of carboxylic acid groups (broad SMARTS) is 1. The number of pyridine rings is 1. The van der Waals surface area contributed by atoms with Crippen LogP contribution in [0.15, 0.2) is 65.5 Å². The van der Waals surface area contributed by atoms with Crippen molar-refractivity contribution in [3.05, 3.63) is 99.1 Å². The summed E-state index contributed by atoms with van der Waals surface area (Å²) in [5.74, 6) is -1.12. The van der Waals surface area contributed by atoms with Gasteiger partial charge in [-0.1, -0.05) is 42.5 Å². The number of rotatable bonds is 4. The van der Waals surface area contributed by atoms with Crippen LogP contribution in [0, 0.1) is 6.57 Å². The SMILES string of the molecule is [C-]#[N+]c1c(C(F)(F)F)cc(-c2ccccc2)n(Cc2ccc(C(=O)O)cc2)c1=O. The number of hydrogen-bond acceptors (Lipinski definition) is 2. The van der Waals surface area contributed by atoms with E-state index in [9.17, 15) is 22.8 Å². The first-order valence-electron chi connectivity index (χ1n) is 8.32. The molecule has 2 aromatic carbocycles. The summed E-state index contributed by atoms with van der Waals surface area (Å²) >= 11 is 0. The highest BCUT2D eigenvalue weighted by molar-refractivity contribution is 5.87. The zero-order valence-electron chi connectivity index (χ0n) is 14.8. The van der Waals surface area contributed by atoms with E-state index in [0.29, 0.717) is 11.1 Å². The van der Waals surface area contributed by atoms with E-state index in [4.69, 9.17) is 11.7 Å². The van der Waals surface area contributed by atoms with Crippen molar-refractivity contribution in [2.45, 2.75) is 12.7 Å². The van der Waals surface area contributed by atoms with Crippen LogP contribution in [-0.2, 0) is 12.7 Å². The molecule has 8 heteroatoms. The second kappa shape index (κ2) is 7.64. The van der Waals surface area contributed by atoms with E-state index in [-0.39, 0.29) is 17.8 Å². The molecule has 0 unspecified atom stereocenters. The Bertz CT molecular complexity index is 1160. The summed E-state index contributed by atoms with van der Waals surface area (Å²) in [4.78, 5) is 26.6. The first-order chi connectivity index (χ1) is 13.7.